The predicted molar refractivity (Wildman–Crippen MR) is 83.6 cm³/mol. The Hall–Kier alpha value is -1.87. The zero-order valence-electron chi connectivity index (χ0n) is 10.7. The third kappa shape index (κ3) is 3.42. The van der Waals surface area contributed by atoms with Crippen LogP contribution < -0.4 is 5.43 Å². The zero-order valence-corrected chi connectivity index (χ0v) is 13.9. The average molecular weight is 418 g/mol. The van der Waals surface area contributed by atoms with Gasteiger partial charge in [0.05, 0.1) is 10.7 Å². The van der Waals surface area contributed by atoms with Gasteiger partial charge in [0.15, 0.2) is 5.69 Å². The second kappa shape index (κ2) is 6.27. The van der Waals surface area contributed by atoms with Gasteiger partial charge < -0.3 is 10.2 Å². The minimum absolute atomic E-state index is 0.124. The van der Waals surface area contributed by atoms with Crippen LogP contribution in [0.5, 0.6) is 11.5 Å². The lowest BCUT2D eigenvalue weighted by Gasteiger charge is -2.06. The molecule has 0 bridgehead atoms. The second-order valence-corrected chi connectivity index (χ2v) is 5.74. The predicted octanol–water partition coefficient (Wildman–Crippen LogP) is 2.42. The number of hydrogen-bond acceptors (Lipinski definition) is 5. The monoisotopic (exact) mass is 416 g/mol. The van der Waals surface area contributed by atoms with Gasteiger partial charge in [-0.05, 0) is 50.9 Å². The number of rotatable bonds is 3. The van der Waals surface area contributed by atoms with Gasteiger partial charge in [-0.15, -0.1) is 0 Å². The molecule has 1 amide bonds. The van der Waals surface area contributed by atoms with Crippen LogP contribution in [-0.2, 0) is 0 Å². The number of nitrogens with zero attached hydrogens (tertiary/aromatic N) is 2. The number of aryl methyl sites for hydroxylation is 1. The number of aromatic amines is 1. The summed E-state index contributed by atoms with van der Waals surface area (Å²) in [5, 5.41) is 29.6. The molecule has 0 unspecified atom stereocenters. The number of halogens is 2. The highest BCUT2D eigenvalue weighted by Gasteiger charge is 2.13. The first-order valence-electron chi connectivity index (χ1n) is 5.65. The van der Waals surface area contributed by atoms with E-state index in [9.17, 15) is 15.0 Å². The molecule has 0 aliphatic carbocycles. The summed E-state index contributed by atoms with van der Waals surface area (Å²) >= 11 is 6.19. The van der Waals surface area contributed by atoms with Crippen LogP contribution in [0.2, 0.25) is 0 Å². The topological polar surface area (TPSA) is 111 Å². The molecule has 1 aromatic heterocycles. The number of phenolic OH excluding ortho intramolecular Hbond substituents is 2. The number of amides is 1. The van der Waals surface area contributed by atoms with Gasteiger partial charge in [-0.2, -0.15) is 10.2 Å². The van der Waals surface area contributed by atoms with Gasteiger partial charge in [-0.1, -0.05) is 0 Å². The van der Waals surface area contributed by atoms with Crippen LogP contribution in [0.4, 0.5) is 0 Å². The molecule has 9 heteroatoms. The summed E-state index contributed by atoms with van der Waals surface area (Å²) < 4.78 is 0.510. The molecule has 0 aliphatic heterocycles. The Bertz CT molecular complexity index is 728. The lowest BCUT2D eigenvalue weighted by Crippen LogP contribution is -2.18. The summed E-state index contributed by atoms with van der Waals surface area (Å²) in [7, 11) is 0. The Morgan fingerprint density at radius 2 is 2.10 bits per heavy atom. The first-order chi connectivity index (χ1) is 9.90. The third-order valence-corrected chi connectivity index (χ3v) is 3.86. The van der Waals surface area contributed by atoms with Crippen molar-refractivity contribution in [3.8, 4) is 11.5 Å². The summed E-state index contributed by atoms with van der Waals surface area (Å²) in [6.45, 7) is 1.77. The SMILES string of the molecule is Cc1cc(C(=O)N/N=C\c2cc(Br)c(O)c(Br)c2O)n[nH]1. The quantitative estimate of drug-likeness (QED) is 0.454. The highest BCUT2D eigenvalue weighted by atomic mass is 79.9. The highest BCUT2D eigenvalue weighted by molar-refractivity contribution is 9.11. The molecule has 7 nitrogen and oxygen atoms in total. The Balaban J connectivity index is 2.14. The normalized spacial score (nSPS) is 11.0. The Labute approximate surface area is 136 Å². The van der Waals surface area contributed by atoms with Gasteiger partial charge in [-0.25, -0.2) is 5.43 Å². The number of carbonyl (C=O) groups is 1. The van der Waals surface area contributed by atoms with Crippen LogP contribution in [0, 0.1) is 6.92 Å². The molecule has 2 aromatic rings. The molecule has 1 heterocycles. The van der Waals surface area contributed by atoms with Crippen molar-refractivity contribution in [2.24, 2.45) is 5.10 Å². The van der Waals surface area contributed by atoms with E-state index in [1.54, 1.807) is 13.0 Å². The van der Waals surface area contributed by atoms with Crippen molar-refractivity contribution in [3.05, 3.63) is 38.0 Å². The largest absolute Gasteiger partial charge is 0.506 e. The van der Waals surface area contributed by atoms with Crippen molar-refractivity contribution < 1.29 is 15.0 Å². The maximum Gasteiger partial charge on any atom is 0.291 e. The molecule has 4 N–H and O–H groups in total. The molecule has 21 heavy (non-hydrogen) atoms. The fraction of sp³-hybridized carbons (Fsp3) is 0.0833. The summed E-state index contributed by atoms with van der Waals surface area (Å²) in [6.07, 6.45) is 1.25. The first-order valence-corrected chi connectivity index (χ1v) is 7.24. The van der Waals surface area contributed by atoms with Crippen LogP contribution in [0.25, 0.3) is 0 Å². The van der Waals surface area contributed by atoms with Crippen molar-refractivity contribution in [1.82, 2.24) is 15.6 Å². The number of H-pyrrole nitrogens is 1. The number of hydrogen-bond donors (Lipinski definition) is 4. The second-order valence-electron chi connectivity index (χ2n) is 4.09. The van der Waals surface area contributed by atoms with Crippen LogP contribution in [0.15, 0.2) is 26.2 Å². The van der Waals surface area contributed by atoms with Crippen LogP contribution in [0.1, 0.15) is 21.7 Å². The van der Waals surface area contributed by atoms with E-state index in [1.807, 2.05) is 0 Å². The van der Waals surface area contributed by atoms with E-state index in [0.29, 0.717) is 10.0 Å². The Morgan fingerprint density at radius 3 is 2.71 bits per heavy atom. The van der Waals surface area contributed by atoms with Gasteiger partial charge in [-0.3, -0.25) is 9.89 Å². The van der Waals surface area contributed by atoms with Gasteiger partial charge in [0, 0.05) is 11.3 Å². The highest BCUT2D eigenvalue weighted by Crippen LogP contribution is 2.40. The molecule has 0 fully saturated rings. The standard InChI is InChI=1S/C12H10Br2N4O3/c1-5-2-8(17-16-5)12(21)18-15-4-6-3-7(13)11(20)9(14)10(6)19/h2-4,19-20H,1H3,(H,16,17)(H,18,21)/b15-4-. The van der Waals surface area contributed by atoms with Gasteiger partial charge >= 0.3 is 0 Å². The number of nitrogens with one attached hydrogen (secondary N) is 2. The number of phenols is 2. The van der Waals surface area contributed by atoms with Crippen LogP contribution in [-0.4, -0.2) is 32.5 Å². The lowest BCUT2D eigenvalue weighted by molar-refractivity contribution is 0.0950. The number of aromatic hydroxyl groups is 2. The minimum atomic E-state index is -0.480. The van der Waals surface area contributed by atoms with E-state index in [4.69, 9.17) is 0 Å². The first kappa shape index (κ1) is 15.5. The molecular formula is C12H10Br2N4O3. The molecule has 0 atom stereocenters. The van der Waals surface area contributed by atoms with Crippen molar-refractivity contribution >= 4 is 44.0 Å². The fourth-order valence-electron chi connectivity index (χ4n) is 1.47. The Morgan fingerprint density at radius 1 is 1.38 bits per heavy atom. The third-order valence-electron chi connectivity index (χ3n) is 2.51. The number of hydrazone groups is 1. The van der Waals surface area contributed by atoms with E-state index in [-0.39, 0.29) is 21.7 Å². The molecule has 0 spiro atoms. The molecule has 0 saturated heterocycles. The maximum atomic E-state index is 11.7. The summed E-state index contributed by atoms with van der Waals surface area (Å²) in [5.41, 5.74) is 3.56. The summed E-state index contributed by atoms with van der Waals surface area (Å²) in [5.74, 6) is -0.794. The van der Waals surface area contributed by atoms with E-state index < -0.39 is 5.91 Å². The molecular weight excluding hydrogens is 408 g/mol. The number of benzene rings is 1. The number of aromatic nitrogens is 2. The smallest absolute Gasteiger partial charge is 0.291 e. The van der Waals surface area contributed by atoms with Gasteiger partial charge in [0.1, 0.15) is 16.0 Å². The molecule has 0 saturated carbocycles. The van der Waals surface area contributed by atoms with Gasteiger partial charge in [0.2, 0.25) is 0 Å². The molecule has 0 radical (unpaired) electrons. The molecule has 1 aromatic carbocycles. The number of carbonyl (C=O) groups excluding carboxylic acids is 1. The van der Waals surface area contributed by atoms with E-state index in [2.05, 4.69) is 52.6 Å². The maximum absolute atomic E-state index is 11.7. The molecule has 2 rings (SSSR count). The lowest BCUT2D eigenvalue weighted by atomic mass is 10.2. The fourth-order valence-corrected chi connectivity index (χ4v) is 2.62. The molecule has 110 valence electrons. The summed E-state index contributed by atoms with van der Waals surface area (Å²) in [6, 6.07) is 3.04. The minimum Gasteiger partial charge on any atom is -0.506 e. The van der Waals surface area contributed by atoms with Crippen LogP contribution in [0.3, 0.4) is 0 Å². The van der Waals surface area contributed by atoms with E-state index in [0.717, 1.165) is 5.69 Å². The van der Waals surface area contributed by atoms with E-state index >= 15 is 0 Å². The van der Waals surface area contributed by atoms with Crippen molar-refractivity contribution in [3.63, 3.8) is 0 Å². The zero-order chi connectivity index (χ0) is 15.6. The molecule has 0 aliphatic rings. The van der Waals surface area contributed by atoms with Crippen molar-refractivity contribution in [2.75, 3.05) is 0 Å². The van der Waals surface area contributed by atoms with Gasteiger partial charge in [0.25, 0.3) is 5.91 Å². The van der Waals surface area contributed by atoms with Crippen molar-refractivity contribution in [2.45, 2.75) is 6.92 Å². The average Bonchev–Trinajstić information content (AvgIpc) is 2.88. The summed E-state index contributed by atoms with van der Waals surface area (Å²) in [4.78, 5) is 11.7. The van der Waals surface area contributed by atoms with Crippen LogP contribution >= 0.6 is 31.9 Å². The van der Waals surface area contributed by atoms with Crippen molar-refractivity contribution in [1.29, 1.82) is 0 Å². The van der Waals surface area contributed by atoms with E-state index in [1.165, 1.54) is 12.3 Å². The Kier molecular flexibility index (Phi) is 4.63.